The average molecular weight is 309 g/mol. The predicted octanol–water partition coefficient (Wildman–Crippen LogP) is 5.25. The van der Waals surface area contributed by atoms with E-state index in [1.807, 2.05) is 30.3 Å². The van der Waals surface area contributed by atoms with Gasteiger partial charge in [0.1, 0.15) is 5.15 Å². The van der Waals surface area contributed by atoms with Crippen molar-refractivity contribution in [2.75, 3.05) is 0 Å². The van der Waals surface area contributed by atoms with Gasteiger partial charge in [-0.05, 0) is 12.1 Å². The number of benzene rings is 1. The molecule has 0 aliphatic heterocycles. The zero-order valence-electron chi connectivity index (χ0n) is 8.66. The summed E-state index contributed by atoms with van der Waals surface area (Å²) in [7, 11) is 0. The molecule has 0 atom stereocenters. The summed E-state index contributed by atoms with van der Waals surface area (Å²) < 4.78 is -1.29. The third-order valence-electron chi connectivity index (χ3n) is 1.73. The molecule has 1 nitrogen and oxygen atoms in total. The normalized spacial score (nSPS) is 10.4. The molecule has 0 aliphatic carbocycles. The highest BCUT2D eigenvalue weighted by molar-refractivity contribution is 6.66. The lowest BCUT2D eigenvalue weighted by Gasteiger charge is -2.09. The second-order valence-corrected chi connectivity index (χ2v) is 5.68. The van der Waals surface area contributed by atoms with E-state index in [0.29, 0.717) is 10.7 Å². The fourth-order valence-corrected chi connectivity index (χ4v) is 1.48. The highest BCUT2D eigenvalue weighted by Gasteiger charge is 2.21. The Morgan fingerprint density at radius 3 is 1.71 bits per heavy atom. The summed E-state index contributed by atoms with van der Waals surface area (Å²) in [6.45, 7) is 0. The van der Waals surface area contributed by atoms with E-state index in [1.54, 1.807) is 24.4 Å². The lowest BCUT2D eigenvalue weighted by molar-refractivity contribution is 1.24. The molecule has 0 amide bonds. The fraction of sp³-hybridized carbons (Fsp3) is 0.0833. The molecule has 0 N–H and O–H groups in total. The monoisotopic (exact) mass is 307 g/mol. The lowest BCUT2D eigenvalue weighted by atomic mass is 10.2. The van der Waals surface area contributed by atoms with Crippen LogP contribution in [-0.2, 0) is 3.79 Å². The van der Waals surface area contributed by atoms with Crippen LogP contribution in [0.25, 0.3) is 0 Å². The van der Waals surface area contributed by atoms with Crippen molar-refractivity contribution < 1.29 is 0 Å². The van der Waals surface area contributed by atoms with Gasteiger partial charge in [0, 0.05) is 11.8 Å². The highest BCUT2D eigenvalue weighted by Crippen LogP contribution is 2.37. The number of hydrogen-bond donors (Lipinski definition) is 0. The van der Waals surface area contributed by atoms with E-state index in [4.69, 9.17) is 46.4 Å². The summed E-state index contributed by atoms with van der Waals surface area (Å²) in [6, 6.07) is 14.5. The van der Waals surface area contributed by atoms with Gasteiger partial charge in [0.2, 0.25) is 3.79 Å². The summed E-state index contributed by atoms with van der Waals surface area (Å²) in [5.74, 6) is 0. The molecule has 5 heteroatoms. The van der Waals surface area contributed by atoms with Crippen molar-refractivity contribution in [3.05, 3.63) is 65.4 Å². The van der Waals surface area contributed by atoms with E-state index in [2.05, 4.69) is 4.98 Å². The van der Waals surface area contributed by atoms with Gasteiger partial charge in [0.05, 0.1) is 0 Å². The Labute approximate surface area is 120 Å². The number of pyridine rings is 1. The Morgan fingerprint density at radius 1 is 0.824 bits per heavy atom. The smallest absolute Gasteiger partial charge is 0.216 e. The van der Waals surface area contributed by atoms with Crippen molar-refractivity contribution >= 4 is 46.4 Å². The Hall–Kier alpha value is -0.470. The van der Waals surface area contributed by atoms with Crippen LogP contribution in [0.15, 0.2) is 54.7 Å². The van der Waals surface area contributed by atoms with Gasteiger partial charge in [-0.25, -0.2) is 4.98 Å². The molecule has 2 rings (SSSR count). The molecule has 0 spiro atoms. The van der Waals surface area contributed by atoms with Crippen LogP contribution in [0.3, 0.4) is 0 Å². The maximum Gasteiger partial charge on any atom is 0.216 e. The topological polar surface area (TPSA) is 12.9 Å². The molecule has 1 aromatic heterocycles. The summed E-state index contributed by atoms with van der Waals surface area (Å²) >= 11 is 22.2. The van der Waals surface area contributed by atoms with Crippen molar-refractivity contribution in [3.63, 3.8) is 0 Å². The third kappa shape index (κ3) is 6.13. The molecule has 1 aromatic carbocycles. The van der Waals surface area contributed by atoms with Crippen LogP contribution in [0.5, 0.6) is 0 Å². The highest BCUT2D eigenvalue weighted by atomic mass is 35.6. The van der Waals surface area contributed by atoms with Gasteiger partial charge in [-0.3, -0.25) is 0 Å². The summed E-state index contributed by atoms with van der Waals surface area (Å²) in [5.41, 5.74) is 0.694. The van der Waals surface area contributed by atoms with Gasteiger partial charge in [-0.15, -0.1) is 0 Å². The number of rotatable bonds is 0. The minimum absolute atomic E-state index is 0.544. The summed E-state index contributed by atoms with van der Waals surface area (Å²) in [5, 5.41) is 0.544. The molecule has 0 aliphatic rings. The first-order chi connectivity index (χ1) is 8.00. The molecule has 0 radical (unpaired) electrons. The number of alkyl halides is 3. The molecule has 90 valence electrons. The van der Waals surface area contributed by atoms with Crippen molar-refractivity contribution in [3.8, 4) is 0 Å². The van der Waals surface area contributed by atoms with E-state index in [1.165, 1.54) is 0 Å². The van der Waals surface area contributed by atoms with Gasteiger partial charge in [-0.2, -0.15) is 0 Å². The Kier molecular flexibility index (Phi) is 6.07. The molecule has 0 fully saturated rings. The molecule has 0 saturated carbocycles. The van der Waals surface area contributed by atoms with Gasteiger partial charge in [0.15, 0.2) is 0 Å². The van der Waals surface area contributed by atoms with Gasteiger partial charge in [-0.1, -0.05) is 82.8 Å². The summed E-state index contributed by atoms with van der Waals surface area (Å²) in [4.78, 5) is 3.74. The fourth-order valence-electron chi connectivity index (χ4n) is 0.969. The van der Waals surface area contributed by atoms with Crippen LogP contribution < -0.4 is 0 Å². The molecule has 17 heavy (non-hydrogen) atoms. The second-order valence-electron chi connectivity index (χ2n) is 3.02. The van der Waals surface area contributed by atoms with Crippen molar-refractivity contribution in [1.82, 2.24) is 4.98 Å². The van der Waals surface area contributed by atoms with Crippen molar-refractivity contribution in [2.24, 2.45) is 0 Å². The maximum absolute atomic E-state index is 5.59. The second kappa shape index (κ2) is 7.07. The standard InChI is InChI=1S/C7H5Cl3.C5H4ClN/c8-7(9,10)6-4-2-1-3-5-6;6-5-3-1-2-4-7-5/h1-5H;1-4H. The first-order valence-electron chi connectivity index (χ1n) is 4.69. The number of hydrogen-bond acceptors (Lipinski definition) is 1. The molecular weight excluding hydrogens is 300 g/mol. The Morgan fingerprint density at radius 2 is 1.41 bits per heavy atom. The van der Waals surface area contributed by atoms with Crippen molar-refractivity contribution in [2.45, 2.75) is 3.79 Å². The van der Waals surface area contributed by atoms with Crippen LogP contribution in [0, 0.1) is 0 Å². The molecule has 0 unspecified atom stereocenters. The number of aromatic nitrogens is 1. The number of halogens is 4. The molecular formula is C12H9Cl4N. The largest absolute Gasteiger partial charge is 0.245 e. The summed E-state index contributed by atoms with van der Waals surface area (Å²) in [6.07, 6.45) is 1.66. The molecule has 2 aromatic rings. The van der Waals surface area contributed by atoms with Gasteiger partial charge >= 0.3 is 0 Å². The van der Waals surface area contributed by atoms with Crippen LogP contribution in [0.2, 0.25) is 5.15 Å². The first-order valence-corrected chi connectivity index (χ1v) is 6.20. The van der Waals surface area contributed by atoms with Crippen LogP contribution in [0.1, 0.15) is 5.56 Å². The zero-order valence-corrected chi connectivity index (χ0v) is 11.7. The van der Waals surface area contributed by atoms with Gasteiger partial charge in [0.25, 0.3) is 0 Å². The molecule has 0 saturated heterocycles. The SMILES string of the molecule is ClC(Cl)(Cl)c1ccccc1.Clc1ccccn1. The zero-order chi connectivity index (χ0) is 12.7. The van der Waals surface area contributed by atoms with Crippen LogP contribution in [-0.4, -0.2) is 4.98 Å². The van der Waals surface area contributed by atoms with Gasteiger partial charge < -0.3 is 0 Å². The van der Waals surface area contributed by atoms with Crippen molar-refractivity contribution in [1.29, 1.82) is 0 Å². The first kappa shape index (κ1) is 14.6. The number of nitrogens with zero attached hydrogens (tertiary/aromatic N) is 1. The lowest BCUT2D eigenvalue weighted by Crippen LogP contribution is -1.98. The Balaban J connectivity index is 0.000000181. The Bertz CT molecular complexity index is 425. The van der Waals surface area contributed by atoms with E-state index in [-0.39, 0.29) is 0 Å². The van der Waals surface area contributed by atoms with E-state index >= 15 is 0 Å². The minimum Gasteiger partial charge on any atom is -0.245 e. The predicted molar refractivity (Wildman–Crippen MR) is 74.9 cm³/mol. The quantitative estimate of drug-likeness (QED) is 0.478. The van der Waals surface area contributed by atoms with Crippen LogP contribution in [0.4, 0.5) is 0 Å². The van der Waals surface area contributed by atoms with E-state index in [9.17, 15) is 0 Å². The van der Waals surface area contributed by atoms with E-state index in [0.717, 1.165) is 0 Å². The minimum atomic E-state index is -1.29. The molecule has 1 heterocycles. The van der Waals surface area contributed by atoms with Crippen LogP contribution >= 0.6 is 46.4 Å². The molecule has 0 bridgehead atoms. The third-order valence-corrected chi connectivity index (χ3v) is 2.61. The average Bonchev–Trinajstić information content (AvgIpc) is 2.31. The van der Waals surface area contributed by atoms with E-state index < -0.39 is 3.79 Å². The maximum atomic E-state index is 5.59.